The van der Waals surface area contributed by atoms with E-state index in [1.807, 2.05) is 6.07 Å². The van der Waals surface area contributed by atoms with Crippen molar-refractivity contribution < 1.29 is 19.1 Å². The number of amides is 3. The van der Waals surface area contributed by atoms with Gasteiger partial charge in [0.15, 0.2) is 0 Å². The van der Waals surface area contributed by atoms with E-state index in [1.54, 1.807) is 43.4 Å². The lowest BCUT2D eigenvalue weighted by Gasteiger charge is -2.14. The van der Waals surface area contributed by atoms with Gasteiger partial charge in [-0.25, -0.2) is 4.79 Å². The molecule has 0 aliphatic heterocycles. The minimum Gasteiger partial charge on any atom is -0.495 e. The predicted octanol–water partition coefficient (Wildman–Crippen LogP) is 3.32. The van der Waals surface area contributed by atoms with Crippen molar-refractivity contribution >= 4 is 41.4 Å². The predicted molar refractivity (Wildman–Crippen MR) is 113 cm³/mol. The Morgan fingerprint density at radius 1 is 0.893 bits per heavy atom. The number of halogens is 1. The van der Waals surface area contributed by atoms with E-state index in [0.717, 1.165) is 0 Å². The number of carbonyl (C=O) groups is 2. The molecule has 0 atom stereocenters. The zero-order valence-corrected chi connectivity index (χ0v) is 16.8. The van der Waals surface area contributed by atoms with Crippen molar-refractivity contribution in [2.75, 3.05) is 43.8 Å². The van der Waals surface area contributed by atoms with Gasteiger partial charge in [-0.15, -0.1) is 12.4 Å². The van der Waals surface area contributed by atoms with Crippen molar-refractivity contribution in [1.29, 1.82) is 0 Å². The fraction of sp³-hybridized carbons (Fsp3) is 0.263. The van der Waals surface area contributed by atoms with Crippen molar-refractivity contribution in [2.45, 2.75) is 6.42 Å². The summed E-state index contributed by atoms with van der Waals surface area (Å²) in [7, 11) is 4.81. The van der Waals surface area contributed by atoms with Crippen LogP contribution in [0.1, 0.15) is 6.42 Å². The molecule has 0 spiro atoms. The molecule has 4 N–H and O–H groups in total. The summed E-state index contributed by atoms with van der Waals surface area (Å²) < 4.78 is 10.5. The number of hydrogen-bond donors (Lipinski definition) is 4. The van der Waals surface area contributed by atoms with Gasteiger partial charge in [-0.2, -0.15) is 0 Å². The maximum atomic E-state index is 12.4. The van der Waals surface area contributed by atoms with E-state index in [-0.39, 0.29) is 18.3 Å². The lowest BCUT2D eigenvalue weighted by Crippen LogP contribution is -2.21. The molecule has 0 saturated heterocycles. The smallest absolute Gasteiger partial charge is 0.323 e. The number of hydrogen-bond acceptors (Lipinski definition) is 5. The highest BCUT2D eigenvalue weighted by molar-refractivity contribution is 6.02. The van der Waals surface area contributed by atoms with Gasteiger partial charge < -0.3 is 30.7 Å². The number of carbonyl (C=O) groups excluding carboxylic acids is 2. The molecule has 0 aliphatic rings. The van der Waals surface area contributed by atoms with Crippen LogP contribution in [-0.2, 0) is 4.79 Å². The minimum absolute atomic E-state index is 0. The average Bonchev–Trinajstić information content (AvgIpc) is 2.67. The zero-order valence-electron chi connectivity index (χ0n) is 16.0. The fourth-order valence-corrected chi connectivity index (χ4v) is 2.37. The van der Waals surface area contributed by atoms with Crippen LogP contribution in [0.15, 0.2) is 42.5 Å². The maximum Gasteiger partial charge on any atom is 0.323 e. The third-order valence-electron chi connectivity index (χ3n) is 3.69. The quantitative estimate of drug-likeness (QED) is 0.537. The molecular weight excluding hydrogens is 384 g/mol. The molecule has 2 aromatic rings. The molecule has 0 radical (unpaired) electrons. The number of rotatable bonds is 8. The van der Waals surface area contributed by atoms with Crippen LogP contribution in [0, 0.1) is 0 Å². The highest BCUT2D eigenvalue weighted by Crippen LogP contribution is 2.29. The van der Waals surface area contributed by atoms with Crippen molar-refractivity contribution in [3.8, 4) is 11.5 Å². The number of ether oxygens (including phenoxy) is 2. The fourth-order valence-electron chi connectivity index (χ4n) is 2.37. The molecular formula is C19H25ClN4O4. The molecule has 28 heavy (non-hydrogen) atoms. The highest BCUT2D eigenvalue weighted by Gasteiger charge is 2.12. The molecule has 0 saturated carbocycles. The lowest BCUT2D eigenvalue weighted by atomic mass is 10.2. The zero-order chi connectivity index (χ0) is 19.6. The Labute approximate surface area is 170 Å². The van der Waals surface area contributed by atoms with Gasteiger partial charge in [-0.1, -0.05) is 12.1 Å². The number of nitrogens with one attached hydrogen (secondary N) is 4. The number of methoxy groups -OCH3 is 2. The molecule has 0 fully saturated rings. The van der Waals surface area contributed by atoms with Gasteiger partial charge in [0, 0.05) is 18.7 Å². The van der Waals surface area contributed by atoms with E-state index in [2.05, 4.69) is 21.3 Å². The first-order chi connectivity index (χ1) is 13.1. The average molecular weight is 409 g/mol. The van der Waals surface area contributed by atoms with E-state index in [9.17, 15) is 9.59 Å². The van der Waals surface area contributed by atoms with Crippen LogP contribution < -0.4 is 30.7 Å². The number of urea groups is 1. The molecule has 0 heterocycles. The summed E-state index contributed by atoms with van der Waals surface area (Å²) in [6, 6.07) is 11.6. The SMILES string of the molecule is CNCCC(=O)Nc1ccc(OC)c(NC(=O)Nc2ccccc2OC)c1.Cl. The molecule has 9 heteroatoms. The van der Waals surface area contributed by atoms with Crippen molar-refractivity contribution in [1.82, 2.24) is 5.32 Å². The van der Waals surface area contributed by atoms with E-state index in [1.165, 1.54) is 14.2 Å². The van der Waals surface area contributed by atoms with Crippen LogP contribution in [0.2, 0.25) is 0 Å². The molecule has 0 bridgehead atoms. The molecule has 0 aliphatic carbocycles. The van der Waals surface area contributed by atoms with Gasteiger partial charge in [0.05, 0.1) is 25.6 Å². The van der Waals surface area contributed by atoms with E-state index in [4.69, 9.17) is 9.47 Å². The number of benzene rings is 2. The Kier molecular flexibility index (Phi) is 9.63. The molecule has 2 rings (SSSR count). The summed E-state index contributed by atoms with van der Waals surface area (Å²) in [4.78, 5) is 24.2. The van der Waals surface area contributed by atoms with Crippen molar-refractivity contribution in [3.05, 3.63) is 42.5 Å². The third-order valence-corrected chi connectivity index (χ3v) is 3.69. The van der Waals surface area contributed by atoms with Crippen LogP contribution in [0.4, 0.5) is 21.9 Å². The van der Waals surface area contributed by atoms with E-state index >= 15 is 0 Å². The monoisotopic (exact) mass is 408 g/mol. The van der Waals surface area contributed by atoms with E-state index < -0.39 is 6.03 Å². The Balaban J connectivity index is 0.00000392. The minimum atomic E-state index is -0.462. The second-order valence-corrected chi connectivity index (χ2v) is 5.60. The van der Waals surface area contributed by atoms with Crippen molar-refractivity contribution in [3.63, 3.8) is 0 Å². The maximum absolute atomic E-state index is 12.4. The van der Waals surface area contributed by atoms with Gasteiger partial charge in [0.2, 0.25) is 5.91 Å². The lowest BCUT2D eigenvalue weighted by molar-refractivity contribution is -0.116. The van der Waals surface area contributed by atoms with Crippen LogP contribution >= 0.6 is 12.4 Å². The molecule has 3 amide bonds. The molecule has 0 unspecified atom stereocenters. The van der Waals surface area contributed by atoms with Gasteiger partial charge in [0.25, 0.3) is 0 Å². The first-order valence-electron chi connectivity index (χ1n) is 8.41. The Hall–Kier alpha value is -2.97. The molecule has 0 aromatic heterocycles. The Bertz CT molecular complexity index is 801. The van der Waals surface area contributed by atoms with Crippen LogP contribution in [0.25, 0.3) is 0 Å². The Morgan fingerprint density at radius 3 is 2.21 bits per heavy atom. The van der Waals surface area contributed by atoms with Gasteiger partial charge in [-0.05, 0) is 37.4 Å². The molecule has 2 aromatic carbocycles. The summed E-state index contributed by atoms with van der Waals surface area (Å²) in [5.41, 5.74) is 1.52. The van der Waals surface area contributed by atoms with Crippen LogP contribution in [-0.4, -0.2) is 39.8 Å². The number of para-hydroxylation sites is 2. The summed E-state index contributed by atoms with van der Waals surface area (Å²) >= 11 is 0. The summed E-state index contributed by atoms with van der Waals surface area (Å²) in [5, 5.41) is 11.1. The molecule has 152 valence electrons. The summed E-state index contributed by atoms with van der Waals surface area (Å²) in [5.74, 6) is 0.891. The first-order valence-corrected chi connectivity index (χ1v) is 8.41. The standard InChI is InChI=1S/C19H24N4O4.ClH/c1-20-11-10-18(24)21-13-8-9-17(27-3)15(12-13)23-19(25)22-14-6-4-5-7-16(14)26-2;/h4-9,12,20H,10-11H2,1-3H3,(H,21,24)(H2,22,23,25);1H. The van der Waals surface area contributed by atoms with Crippen molar-refractivity contribution in [2.24, 2.45) is 0 Å². The summed E-state index contributed by atoms with van der Waals surface area (Å²) in [6.07, 6.45) is 0.347. The largest absolute Gasteiger partial charge is 0.495 e. The van der Waals surface area contributed by atoms with Gasteiger partial charge >= 0.3 is 6.03 Å². The van der Waals surface area contributed by atoms with Gasteiger partial charge in [-0.3, -0.25) is 4.79 Å². The normalized spacial score (nSPS) is 9.68. The second kappa shape index (κ2) is 11.7. The summed E-state index contributed by atoms with van der Waals surface area (Å²) in [6.45, 7) is 0.578. The van der Waals surface area contributed by atoms with E-state index in [0.29, 0.717) is 41.5 Å². The topological polar surface area (TPSA) is 101 Å². The molecule has 8 nitrogen and oxygen atoms in total. The second-order valence-electron chi connectivity index (χ2n) is 5.60. The third kappa shape index (κ3) is 6.64. The van der Waals surface area contributed by atoms with Crippen LogP contribution in [0.3, 0.4) is 0 Å². The van der Waals surface area contributed by atoms with Gasteiger partial charge in [0.1, 0.15) is 11.5 Å². The Morgan fingerprint density at radius 2 is 1.54 bits per heavy atom. The van der Waals surface area contributed by atoms with Crippen LogP contribution in [0.5, 0.6) is 11.5 Å². The highest BCUT2D eigenvalue weighted by atomic mass is 35.5. The number of anilines is 3. The first kappa shape index (κ1) is 23.1.